The maximum Gasteiger partial charge on any atom is 0.252 e. The molecule has 30 heavy (non-hydrogen) atoms. The minimum absolute atomic E-state index is 0.0272. The van der Waals surface area contributed by atoms with Crippen LogP contribution in [0.1, 0.15) is 61.5 Å². The topological polar surface area (TPSA) is 72.3 Å². The molecule has 2 aromatic heterocycles. The molecule has 0 radical (unpaired) electrons. The summed E-state index contributed by atoms with van der Waals surface area (Å²) in [7, 11) is 0. The summed E-state index contributed by atoms with van der Waals surface area (Å²) >= 11 is 0. The SMILES string of the molecule is CC(C)n1cc(CN2CCC3(CC2)CC(CNC(=O)c2cccnc2)CCO3)cn1. The van der Waals surface area contributed by atoms with Gasteiger partial charge in [-0.15, -0.1) is 0 Å². The van der Waals surface area contributed by atoms with Gasteiger partial charge in [0.25, 0.3) is 5.91 Å². The fourth-order valence-corrected chi connectivity index (χ4v) is 4.61. The third-order valence-electron chi connectivity index (χ3n) is 6.43. The van der Waals surface area contributed by atoms with Gasteiger partial charge < -0.3 is 10.1 Å². The maximum absolute atomic E-state index is 12.3. The summed E-state index contributed by atoms with van der Waals surface area (Å²) in [4.78, 5) is 18.8. The zero-order valence-electron chi connectivity index (χ0n) is 18.1. The fourth-order valence-electron chi connectivity index (χ4n) is 4.61. The van der Waals surface area contributed by atoms with Crippen molar-refractivity contribution in [2.75, 3.05) is 26.2 Å². The van der Waals surface area contributed by atoms with Crippen LogP contribution in [-0.4, -0.2) is 57.4 Å². The molecule has 1 atom stereocenters. The Kier molecular flexibility index (Phi) is 6.49. The molecule has 2 fully saturated rings. The van der Waals surface area contributed by atoms with E-state index in [-0.39, 0.29) is 11.5 Å². The van der Waals surface area contributed by atoms with Crippen molar-refractivity contribution in [1.29, 1.82) is 0 Å². The van der Waals surface area contributed by atoms with Crippen LogP contribution in [0.3, 0.4) is 0 Å². The van der Waals surface area contributed by atoms with Crippen LogP contribution >= 0.6 is 0 Å². The third-order valence-corrected chi connectivity index (χ3v) is 6.43. The van der Waals surface area contributed by atoms with E-state index < -0.39 is 0 Å². The Balaban J connectivity index is 1.25. The molecular formula is C23H33N5O2. The van der Waals surface area contributed by atoms with Crippen molar-refractivity contribution in [2.24, 2.45) is 5.92 Å². The molecule has 162 valence electrons. The molecule has 0 aliphatic carbocycles. The zero-order chi connectivity index (χ0) is 21.0. The number of amides is 1. The van der Waals surface area contributed by atoms with Crippen molar-refractivity contribution < 1.29 is 9.53 Å². The van der Waals surface area contributed by atoms with E-state index in [1.807, 2.05) is 10.9 Å². The highest BCUT2D eigenvalue weighted by atomic mass is 16.5. The van der Waals surface area contributed by atoms with Gasteiger partial charge in [0.1, 0.15) is 0 Å². The average Bonchev–Trinajstić information content (AvgIpc) is 3.24. The molecule has 0 aromatic carbocycles. The normalized spacial score (nSPS) is 21.8. The number of pyridine rings is 1. The second-order valence-electron chi connectivity index (χ2n) is 9.04. The second kappa shape index (κ2) is 9.27. The summed E-state index contributed by atoms with van der Waals surface area (Å²) < 4.78 is 8.32. The Morgan fingerprint density at radius 2 is 2.17 bits per heavy atom. The molecule has 2 saturated heterocycles. The number of hydrogen-bond acceptors (Lipinski definition) is 5. The molecule has 0 saturated carbocycles. The first-order valence-corrected chi connectivity index (χ1v) is 11.1. The molecule has 1 spiro atoms. The molecule has 2 aliphatic heterocycles. The van der Waals surface area contributed by atoms with Crippen LogP contribution in [0.5, 0.6) is 0 Å². The van der Waals surface area contributed by atoms with Gasteiger partial charge in [-0.25, -0.2) is 0 Å². The summed E-state index contributed by atoms with van der Waals surface area (Å²) in [6.07, 6.45) is 11.6. The van der Waals surface area contributed by atoms with Crippen LogP contribution in [-0.2, 0) is 11.3 Å². The van der Waals surface area contributed by atoms with E-state index in [4.69, 9.17) is 4.74 Å². The number of ether oxygens (including phenoxy) is 1. The van der Waals surface area contributed by atoms with Crippen molar-refractivity contribution >= 4 is 5.91 Å². The fraction of sp³-hybridized carbons (Fsp3) is 0.609. The van der Waals surface area contributed by atoms with E-state index in [9.17, 15) is 4.79 Å². The Morgan fingerprint density at radius 3 is 2.87 bits per heavy atom. The van der Waals surface area contributed by atoms with Gasteiger partial charge in [-0.1, -0.05) is 0 Å². The number of rotatable bonds is 6. The van der Waals surface area contributed by atoms with E-state index in [2.05, 4.69) is 40.3 Å². The summed E-state index contributed by atoms with van der Waals surface area (Å²) in [6, 6.07) is 3.99. The van der Waals surface area contributed by atoms with Gasteiger partial charge in [-0.2, -0.15) is 5.10 Å². The summed E-state index contributed by atoms with van der Waals surface area (Å²) in [6.45, 7) is 8.83. The minimum Gasteiger partial charge on any atom is -0.375 e. The predicted molar refractivity (Wildman–Crippen MR) is 115 cm³/mol. The first-order chi connectivity index (χ1) is 14.5. The standard InChI is InChI=1S/C23H33N5O2/c1-18(2)28-17-20(14-26-28)16-27-9-6-23(7-10-27)12-19(5-11-30-23)13-25-22(29)21-4-3-8-24-15-21/h3-4,8,14-15,17-19H,5-7,9-13,16H2,1-2H3,(H,25,29). The van der Waals surface area contributed by atoms with Gasteiger partial charge >= 0.3 is 0 Å². The third kappa shape index (κ3) is 5.08. The molecule has 2 aliphatic rings. The number of carbonyl (C=O) groups excluding carboxylic acids is 1. The lowest BCUT2D eigenvalue weighted by molar-refractivity contribution is -0.127. The van der Waals surface area contributed by atoms with Crippen LogP contribution in [0.2, 0.25) is 0 Å². The highest BCUT2D eigenvalue weighted by molar-refractivity contribution is 5.93. The zero-order valence-corrected chi connectivity index (χ0v) is 18.1. The first kappa shape index (κ1) is 21.0. The van der Waals surface area contributed by atoms with Crippen LogP contribution in [0.15, 0.2) is 36.9 Å². The molecule has 1 unspecified atom stereocenters. The highest BCUT2D eigenvalue weighted by Crippen LogP contribution is 2.37. The second-order valence-corrected chi connectivity index (χ2v) is 9.04. The molecule has 0 bridgehead atoms. The highest BCUT2D eigenvalue weighted by Gasteiger charge is 2.40. The van der Waals surface area contributed by atoms with E-state index in [1.54, 1.807) is 24.5 Å². The number of likely N-dealkylation sites (tertiary alicyclic amines) is 1. The number of nitrogens with one attached hydrogen (secondary N) is 1. The van der Waals surface area contributed by atoms with Gasteiger partial charge in [-0.05, 0) is 57.6 Å². The van der Waals surface area contributed by atoms with Crippen molar-refractivity contribution in [3.8, 4) is 0 Å². The molecule has 1 amide bonds. The minimum atomic E-state index is -0.0413. The predicted octanol–water partition coefficient (Wildman–Crippen LogP) is 3.05. The number of piperidine rings is 1. The lowest BCUT2D eigenvalue weighted by atomic mass is 9.79. The van der Waals surface area contributed by atoms with Crippen molar-refractivity contribution in [3.63, 3.8) is 0 Å². The smallest absolute Gasteiger partial charge is 0.252 e. The molecule has 7 heteroatoms. The molecule has 4 heterocycles. The van der Waals surface area contributed by atoms with Crippen molar-refractivity contribution in [1.82, 2.24) is 25.0 Å². The van der Waals surface area contributed by atoms with E-state index >= 15 is 0 Å². The number of nitrogens with zero attached hydrogens (tertiary/aromatic N) is 4. The lowest BCUT2D eigenvalue weighted by Gasteiger charge is -2.46. The number of hydrogen-bond donors (Lipinski definition) is 1. The maximum atomic E-state index is 12.3. The first-order valence-electron chi connectivity index (χ1n) is 11.1. The Labute approximate surface area is 178 Å². The van der Waals surface area contributed by atoms with E-state index in [1.165, 1.54) is 5.56 Å². The monoisotopic (exact) mass is 411 g/mol. The van der Waals surface area contributed by atoms with Crippen molar-refractivity contribution in [3.05, 3.63) is 48.0 Å². The molecular weight excluding hydrogens is 378 g/mol. The number of carbonyl (C=O) groups is 1. The number of aromatic nitrogens is 3. The van der Waals surface area contributed by atoms with E-state index in [0.717, 1.165) is 51.9 Å². The van der Waals surface area contributed by atoms with Crippen molar-refractivity contribution in [2.45, 2.75) is 57.7 Å². The lowest BCUT2D eigenvalue weighted by Crippen LogP contribution is -2.50. The molecule has 7 nitrogen and oxygen atoms in total. The van der Waals surface area contributed by atoms with Gasteiger partial charge in [0.15, 0.2) is 0 Å². The Bertz CT molecular complexity index is 827. The van der Waals surface area contributed by atoms with Gasteiger partial charge in [-0.3, -0.25) is 19.4 Å². The largest absolute Gasteiger partial charge is 0.375 e. The molecule has 4 rings (SSSR count). The van der Waals surface area contributed by atoms with Crippen LogP contribution in [0.4, 0.5) is 0 Å². The molecule has 1 N–H and O–H groups in total. The Morgan fingerprint density at radius 1 is 1.33 bits per heavy atom. The quantitative estimate of drug-likeness (QED) is 0.791. The van der Waals surface area contributed by atoms with Gasteiger partial charge in [0.2, 0.25) is 0 Å². The Hall–Kier alpha value is -2.25. The van der Waals surface area contributed by atoms with Gasteiger partial charge in [0.05, 0.1) is 17.4 Å². The van der Waals surface area contributed by atoms with Crippen LogP contribution in [0, 0.1) is 5.92 Å². The van der Waals surface area contributed by atoms with E-state index in [0.29, 0.717) is 24.1 Å². The van der Waals surface area contributed by atoms with Crippen LogP contribution < -0.4 is 5.32 Å². The summed E-state index contributed by atoms with van der Waals surface area (Å²) in [5.74, 6) is 0.426. The van der Waals surface area contributed by atoms with Gasteiger partial charge in [0, 0.05) is 63.0 Å². The summed E-state index contributed by atoms with van der Waals surface area (Å²) in [5, 5.41) is 7.55. The van der Waals surface area contributed by atoms with Crippen LogP contribution in [0.25, 0.3) is 0 Å². The summed E-state index contributed by atoms with van der Waals surface area (Å²) in [5.41, 5.74) is 1.87. The molecule has 2 aromatic rings. The average molecular weight is 412 g/mol.